The number of nitrogens with two attached hydrogens (primary N) is 1. The first-order chi connectivity index (χ1) is 10.2. The molecule has 1 unspecified atom stereocenters. The van der Waals surface area contributed by atoms with Crippen molar-refractivity contribution in [2.24, 2.45) is 17.7 Å². The molecule has 0 amide bonds. The van der Waals surface area contributed by atoms with Crippen LogP contribution in [0.25, 0.3) is 0 Å². The molecule has 1 aliphatic rings. The van der Waals surface area contributed by atoms with E-state index in [-0.39, 0.29) is 11.9 Å². The average Bonchev–Trinajstić information content (AvgIpc) is 2.50. The van der Waals surface area contributed by atoms with Gasteiger partial charge >= 0.3 is 0 Å². The monoisotopic (exact) mass is 294 g/mol. The van der Waals surface area contributed by atoms with Gasteiger partial charge in [-0.05, 0) is 42.9 Å². The van der Waals surface area contributed by atoms with Gasteiger partial charge in [0.2, 0.25) is 0 Å². The Labute approximate surface area is 127 Å². The Hall–Kier alpha value is -1.13. The molecule has 118 valence electrons. The van der Waals surface area contributed by atoms with Crippen LogP contribution in [-0.4, -0.2) is 7.11 Å². The predicted molar refractivity (Wildman–Crippen MR) is 83.4 cm³/mol. The molecule has 0 spiro atoms. The fourth-order valence-electron chi connectivity index (χ4n) is 3.65. The normalized spacial score (nSPS) is 23.8. The second-order valence-electron chi connectivity index (χ2n) is 6.10. The van der Waals surface area contributed by atoms with E-state index in [2.05, 4.69) is 12.3 Å². The molecule has 0 radical (unpaired) electrons. The average molecular weight is 294 g/mol. The molecule has 1 aromatic rings. The summed E-state index contributed by atoms with van der Waals surface area (Å²) in [5.41, 5.74) is 3.72. The maximum absolute atomic E-state index is 13.6. The van der Waals surface area contributed by atoms with E-state index in [1.807, 2.05) is 0 Å². The van der Waals surface area contributed by atoms with Gasteiger partial charge in [-0.1, -0.05) is 32.6 Å². The topological polar surface area (TPSA) is 47.3 Å². The second-order valence-corrected chi connectivity index (χ2v) is 6.10. The molecule has 1 fully saturated rings. The van der Waals surface area contributed by atoms with E-state index in [0.29, 0.717) is 11.7 Å². The summed E-state index contributed by atoms with van der Waals surface area (Å²) in [6.07, 6.45) is 7.34. The minimum atomic E-state index is -0.245. The molecule has 21 heavy (non-hydrogen) atoms. The highest BCUT2D eigenvalue weighted by Gasteiger charge is 2.29. The molecule has 0 bridgehead atoms. The molecule has 1 saturated carbocycles. The summed E-state index contributed by atoms with van der Waals surface area (Å²) in [5.74, 6) is 7.52. The summed E-state index contributed by atoms with van der Waals surface area (Å²) in [7, 11) is 1.61. The lowest BCUT2D eigenvalue weighted by Gasteiger charge is -2.34. The number of ether oxygens (including phenoxy) is 1. The van der Waals surface area contributed by atoms with Crippen molar-refractivity contribution in [3.63, 3.8) is 0 Å². The molecule has 2 rings (SSSR count). The molecule has 1 aliphatic carbocycles. The van der Waals surface area contributed by atoms with Crippen molar-refractivity contribution in [1.29, 1.82) is 0 Å². The zero-order chi connectivity index (χ0) is 15.2. The lowest BCUT2D eigenvalue weighted by molar-refractivity contribution is 0.212. The smallest absolute Gasteiger partial charge is 0.123 e. The quantitative estimate of drug-likeness (QED) is 0.617. The second kappa shape index (κ2) is 7.76. The van der Waals surface area contributed by atoms with Crippen LogP contribution >= 0.6 is 0 Å². The number of benzene rings is 1. The summed E-state index contributed by atoms with van der Waals surface area (Å²) in [4.78, 5) is 0. The Morgan fingerprint density at radius 3 is 2.62 bits per heavy atom. The van der Waals surface area contributed by atoms with Gasteiger partial charge in [0.15, 0.2) is 0 Å². The molecular weight excluding hydrogens is 267 g/mol. The van der Waals surface area contributed by atoms with Crippen LogP contribution in [-0.2, 0) is 0 Å². The van der Waals surface area contributed by atoms with Gasteiger partial charge in [0.1, 0.15) is 11.6 Å². The maximum Gasteiger partial charge on any atom is 0.123 e. The summed E-state index contributed by atoms with van der Waals surface area (Å²) in [5, 5.41) is 0. The van der Waals surface area contributed by atoms with E-state index < -0.39 is 0 Å². The third-order valence-electron chi connectivity index (χ3n) is 4.77. The fraction of sp³-hybridized carbons (Fsp3) is 0.647. The van der Waals surface area contributed by atoms with Gasteiger partial charge in [0.25, 0.3) is 0 Å². The SMILES string of the molecule is CCCC1CCC(C(NN)c2cc(F)ccc2OC)CC1. The molecule has 0 heterocycles. The van der Waals surface area contributed by atoms with Crippen LogP contribution in [0.2, 0.25) is 0 Å². The van der Waals surface area contributed by atoms with E-state index >= 15 is 0 Å². The molecule has 0 saturated heterocycles. The van der Waals surface area contributed by atoms with Crippen LogP contribution in [0, 0.1) is 17.7 Å². The zero-order valence-electron chi connectivity index (χ0n) is 13.1. The highest BCUT2D eigenvalue weighted by atomic mass is 19.1. The molecule has 0 aliphatic heterocycles. The van der Waals surface area contributed by atoms with E-state index in [4.69, 9.17) is 10.6 Å². The molecular formula is C17H27FN2O. The highest BCUT2D eigenvalue weighted by Crippen LogP contribution is 2.40. The molecule has 1 aromatic carbocycles. The van der Waals surface area contributed by atoms with Crippen molar-refractivity contribution in [2.75, 3.05) is 7.11 Å². The Morgan fingerprint density at radius 1 is 1.33 bits per heavy atom. The summed E-state index contributed by atoms with van der Waals surface area (Å²) in [6.45, 7) is 2.24. The molecule has 3 N–H and O–H groups in total. The molecule has 1 atom stereocenters. The Bertz CT molecular complexity index is 444. The summed E-state index contributed by atoms with van der Waals surface area (Å²) < 4.78 is 19.0. The third-order valence-corrected chi connectivity index (χ3v) is 4.77. The fourth-order valence-corrected chi connectivity index (χ4v) is 3.65. The molecule has 0 aromatic heterocycles. The van der Waals surface area contributed by atoms with Crippen LogP contribution in [0.4, 0.5) is 4.39 Å². The van der Waals surface area contributed by atoms with Gasteiger partial charge < -0.3 is 4.74 Å². The van der Waals surface area contributed by atoms with Crippen LogP contribution in [0.5, 0.6) is 5.75 Å². The zero-order valence-corrected chi connectivity index (χ0v) is 13.1. The minimum absolute atomic E-state index is 0.0433. The van der Waals surface area contributed by atoms with Crippen LogP contribution in [0.3, 0.4) is 0 Å². The molecule has 3 nitrogen and oxygen atoms in total. The van der Waals surface area contributed by atoms with E-state index in [1.165, 1.54) is 31.7 Å². The third kappa shape index (κ3) is 3.95. The lowest BCUT2D eigenvalue weighted by Crippen LogP contribution is -2.35. The van der Waals surface area contributed by atoms with Crippen molar-refractivity contribution >= 4 is 0 Å². The van der Waals surface area contributed by atoms with Gasteiger partial charge in [-0.15, -0.1) is 0 Å². The standard InChI is InChI=1S/C17H27FN2O/c1-3-4-12-5-7-13(8-6-12)17(20-19)15-11-14(18)9-10-16(15)21-2/h9-13,17,20H,3-8,19H2,1-2H3. The first kappa shape index (κ1) is 16.2. The minimum Gasteiger partial charge on any atom is -0.496 e. The van der Waals surface area contributed by atoms with Crippen molar-refractivity contribution in [1.82, 2.24) is 5.43 Å². The number of hydrogen-bond acceptors (Lipinski definition) is 3. The highest BCUT2D eigenvalue weighted by molar-refractivity contribution is 5.37. The largest absolute Gasteiger partial charge is 0.496 e. The Morgan fingerprint density at radius 2 is 2.05 bits per heavy atom. The van der Waals surface area contributed by atoms with Gasteiger partial charge in [-0.2, -0.15) is 0 Å². The number of nitrogens with one attached hydrogen (secondary N) is 1. The van der Waals surface area contributed by atoms with Gasteiger partial charge in [-0.3, -0.25) is 11.3 Å². The number of halogens is 1. The Balaban J connectivity index is 2.12. The summed E-state index contributed by atoms with van der Waals surface area (Å²) in [6, 6.07) is 4.60. The van der Waals surface area contributed by atoms with E-state index in [9.17, 15) is 4.39 Å². The van der Waals surface area contributed by atoms with E-state index in [0.717, 1.165) is 24.3 Å². The van der Waals surface area contributed by atoms with Crippen molar-refractivity contribution < 1.29 is 9.13 Å². The van der Waals surface area contributed by atoms with Gasteiger partial charge in [0, 0.05) is 5.56 Å². The molecule has 4 heteroatoms. The van der Waals surface area contributed by atoms with E-state index in [1.54, 1.807) is 19.2 Å². The first-order valence-electron chi connectivity index (χ1n) is 7.99. The van der Waals surface area contributed by atoms with Crippen molar-refractivity contribution in [3.05, 3.63) is 29.6 Å². The van der Waals surface area contributed by atoms with Gasteiger partial charge in [0.05, 0.1) is 13.2 Å². The van der Waals surface area contributed by atoms with Crippen LogP contribution in [0.15, 0.2) is 18.2 Å². The maximum atomic E-state index is 13.6. The van der Waals surface area contributed by atoms with Crippen LogP contribution < -0.4 is 16.0 Å². The van der Waals surface area contributed by atoms with Crippen molar-refractivity contribution in [2.45, 2.75) is 51.5 Å². The lowest BCUT2D eigenvalue weighted by atomic mass is 9.75. The predicted octanol–water partition coefficient (Wildman–Crippen LogP) is 3.95. The number of rotatable bonds is 6. The van der Waals surface area contributed by atoms with Crippen molar-refractivity contribution in [3.8, 4) is 5.75 Å². The Kier molecular flexibility index (Phi) is 6.00. The number of hydrogen-bond donors (Lipinski definition) is 2. The first-order valence-corrected chi connectivity index (χ1v) is 7.99. The number of methoxy groups -OCH3 is 1. The number of hydrazine groups is 1. The van der Waals surface area contributed by atoms with Crippen LogP contribution in [0.1, 0.15) is 57.1 Å². The van der Waals surface area contributed by atoms with Gasteiger partial charge in [-0.25, -0.2) is 4.39 Å². The summed E-state index contributed by atoms with van der Waals surface area (Å²) >= 11 is 0.